The van der Waals surface area contributed by atoms with Crippen LogP contribution in [-0.2, 0) is 13.0 Å². The first-order valence-corrected chi connectivity index (χ1v) is 14.4. The normalized spacial score (nSPS) is 16.8. The molecule has 2 aromatic rings. The summed E-state index contributed by atoms with van der Waals surface area (Å²) in [7, 11) is -8.38. The number of benzene rings is 2. The lowest BCUT2D eigenvalue weighted by Crippen LogP contribution is -2.65. The lowest BCUT2D eigenvalue weighted by Gasteiger charge is -2.38. The molecule has 34 heavy (non-hydrogen) atoms. The minimum atomic E-state index is -5.91. The number of alkyl halides is 9. The van der Waals surface area contributed by atoms with Crippen molar-refractivity contribution >= 4 is 27.5 Å². The summed E-state index contributed by atoms with van der Waals surface area (Å²) in [5.74, 6) is -9.78. The second-order valence-corrected chi connectivity index (χ2v) is 13.9. The van der Waals surface area contributed by atoms with E-state index in [1.165, 1.54) is 61.1 Å². The van der Waals surface area contributed by atoms with E-state index in [0.29, 0.717) is 0 Å². The Morgan fingerprint density at radius 1 is 0.676 bits per heavy atom. The molecule has 0 aliphatic heterocycles. The molecule has 190 valence electrons. The first-order chi connectivity index (χ1) is 15.5. The lowest BCUT2D eigenvalue weighted by atomic mass is 10.3. The average Bonchev–Trinajstić information content (AvgIpc) is 2.77. The van der Waals surface area contributed by atoms with Gasteiger partial charge >= 0.3 is 41.6 Å². The first-order valence-electron chi connectivity index (χ1n) is 9.72. The fourth-order valence-corrected chi connectivity index (χ4v) is 10.0. The molecule has 0 N–H and O–H groups in total. The Morgan fingerprint density at radius 2 is 1.06 bits per heavy atom. The van der Waals surface area contributed by atoms with Crippen molar-refractivity contribution in [2.24, 2.45) is 0 Å². The van der Waals surface area contributed by atoms with Crippen LogP contribution in [0, 0.1) is 0 Å². The van der Waals surface area contributed by atoms with Crippen molar-refractivity contribution < 1.29 is 52.5 Å². The van der Waals surface area contributed by atoms with Gasteiger partial charge in [0, 0.05) is 0 Å². The summed E-state index contributed by atoms with van der Waals surface area (Å²) < 4.78 is 134. The van der Waals surface area contributed by atoms with E-state index in [4.69, 9.17) is 13.0 Å². The molecule has 0 amide bonds. The van der Waals surface area contributed by atoms with Gasteiger partial charge in [-0.25, -0.2) is 8.78 Å². The molecule has 0 aliphatic rings. The molecule has 2 rings (SSSR count). The number of hydrogen-bond donors (Lipinski definition) is 0. The molecule has 0 bridgehead atoms. The van der Waals surface area contributed by atoms with Crippen molar-refractivity contribution in [3.05, 3.63) is 60.7 Å². The van der Waals surface area contributed by atoms with Crippen LogP contribution in [0.1, 0.15) is 0 Å². The highest BCUT2D eigenvalue weighted by Gasteiger charge is 2.59. The highest BCUT2D eigenvalue weighted by molar-refractivity contribution is 6.92. The summed E-state index contributed by atoms with van der Waals surface area (Å²) in [5, 5.41) is 0.257. The summed E-state index contributed by atoms with van der Waals surface area (Å²) in [6.45, 7) is -1.51. The first kappa shape index (κ1) is 28.4. The fourth-order valence-electron chi connectivity index (χ4n) is 2.80. The molecule has 2 atom stereocenters. The Bertz CT molecular complexity index is 917. The maximum absolute atomic E-state index is 13.6. The predicted octanol–water partition coefficient (Wildman–Crippen LogP) is 5.09. The molecule has 14 heteroatoms. The SMILES string of the molecule is C[Si](OCC(F)(F)C(F)F)(O[Si](C)(OCC(F)(F)C(F)(F)F)c1ccccc1)c1ccccc1. The predicted molar refractivity (Wildman–Crippen MR) is 110 cm³/mol. The number of hydrogen-bond acceptors (Lipinski definition) is 3. The minimum absolute atomic E-state index is 0.104. The maximum atomic E-state index is 13.6. The van der Waals surface area contributed by atoms with Crippen molar-refractivity contribution in [1.29, 1.82) is 0 Å². The van der Waals surface area contributed by atoms with E-state index in [1.54, 1.807) is 6.07 Å². The molecule has 0 aliphatic carbocycles. The average molecular weight is 537 g/mol. The molecule has 0 heterocycles. The summed E-state index contributed by atoms with van der Waals surface area (Å²) in [5.41, 5.74) is 0. The Morgan fingerprint density at radius 3 is 1.41 bits per heavy atom. The van der Waals surface area contributed by atoms with Gasteiger partial charge in [0.05, 0.1) is 0 Å². The van der Waals surface area contributed by atoms with E-state index < -0.39 is 54.8 Å². The molecule has 0 aromatic heterocycles. The van der Waals surface area contributed by atoms with Gasteiger partial charge < -0.3 is 13.0 Å². The standard InChI is InChI=1S/C20H21F9O3Si2/c1-33(15-9-5-3-6-10-15,30-13-18(23,24)17(21)22)32-34(2,16-11-7-4-8-12-16)31-14-19(25,26)20(27,28)29/h3-12,17H,13-14H2,1-2H3. The second kappa shape index (κ2) is 10.4. The van der Waals surface area contributed by atoms with E-state index >= 15 is 0 Å². The summed E-state index contributed by atoms with van der Waals surface area (Å²) in [6, 6.07) is 14.4. The van der Waals surface area contributed by atoms with Gasteiger partial charge in [-0.1, -0.05) is 60.7 Å². The van der Waals surface area contributed by atoms with Crippen LogP contribution in [0.25, 0.3) is 0 Å². The highest BCUT2D eigenvalue weighted by Crippen LogP contribution is 2.36. The highest BCUT2D eigenvalue weighted by atomic mass is 28.5. The van der Waals surface area contributed by atoms with Crippen molar-refractivity contribution in [3.8, 4) is 0 Å². The van der Waals surface area contributed by atoms with Crippen LogP contribution in [0.4, 0.5) is 39.5 Å². The van der Waals surface area contributed by atoms with E-state index in [2.05, 4.69) is 0 Å². The van der Waals surface area contributed by atoms with Crippen molar-refractivity contribution in [2.45, 2.75) is 37.5 Å². The van der Waals surface area contributed by atoms with Crippen molar-refractivity contribution in [3.63, 3.8) is 0 Å². The van der Waals surface area contributed by atoms with Gasteiger partial charge in [-0.3, -0.25) is 0 Å². The largest absolute Gasteiger partial charge is 0.455 e. The molecular weight excluding hydrogens is 515 g/mol. The minimum Gasteiger partial charge on any atom is -0.408 e. The Labute approximate surface area is 191 Å². The van der Waals surface area contributed by atoms with Crippen LogP contribution in [0.5, 0.6) is 0 Å². The molecule has 0 fully saturated rings. The maximum Gasteiger partial charge on any atom is 0.455 e. The third-order valence-electron chi connectivity index (χ3n) is 4.79. The molecule has 0 spiro atoms. The zero-order valence-corrected chi connectivity index (χ0v) is 19.9. The molecule has 2 unspecified atom stereocenters. The molecule has 0 radical (unpaired) electrons. The van der Waals surface area contributed by atoms with Gasteiger partial charge in [0.2, 0.25) is 0 Å². The van der Waals surface area contributed by atoms with Crippen molar-refractivity contribution in [2.75, 3.05) is 13.2 Å². The quantitative estimate of drug-likeness (QED) is 0.296. The van der Waals surface area contributed by atoms with E-state index in [-0.39, 0.29) is 10.4 Å². The molecule has 2 aromatic carbocycles. The Hall–Kier alpha value is -1.88. The molecule has 0 saturated heterocycles. The van der Waals surface area contributed by atoms with Crippen LogP contribution < -0.4 is 10.4 Å². The van der Waals surface area contributed by atoms with Crippen LogP contribution in [0.3, 0.4) is 0 Å². The van der Waals surface area contributed by atoms with Gasteiger partial charge in [0.25, 0.3) is 0 Å². The second-order valence-electron chi connectivity index (χ2n) is 7.57. The summed E-state index contributed by atoms with van der Waals surface area (Å²) in [4.78, 5) is 0. The van der Waals surface area contributed by atoms with E-state index in [9.17, 15) is 39.5 Å². The third kappa shape index (κ3) is 6.84. The zero-order chi connectivity index (χ0) is 25.8. The Balaban J connectivity index is 2.48. The number of rotatable bonds is 11. The van der Waals surface area contributed by atoms with Gasteiger partial charge in [0.1, 0.15) is 13.2 Å². The summed E-state index contributed by atoms with van der Waals surface area (Å²) >= 11 is 0. The van der Waals surface area contributed by atoms with Gasteiger partial charge in [-0.05, 0) is 23.5 Å². The summed E-state index contributed by atoms with van der Waals surface area (Å²) in [6.07, 6.45) is -9.96. The van der Waals surface area contributed by atoms with Gasteiger partial charge in [-0.15, -0.1) is 0 Å². The zero-order valence-electron chi connectivity index (χ0n) is 17.9. The van der Waals surface area contributed by atoms with Crippen LogP contribution in [-0.4, -0.2) is 54.8 Å². The van der Waals surface area contributed by atoms with E-state index in [1.807, 2.05) is 0 Å². The van der Waals surface area contributed by atoms with E-state index in [0.717, 1.165) is 6.55 Å². The third-order valence-corrected chi connectivity index (χ3v) is 12.1. The van der Waals surface area contributed by atoms with Gasteiger partial charge in [-0.2, -0.15) is 30.7 Å². The molecular formula is C20H21F9O3Si2. The van der Waals surface area contributed by atoms with Crippen LogP contribution >= 0.6 is 0 Å². The van der Waals surface area contributed by atoms with Crippen LogP contribution in [0.2, 0.25) is 13.1 Å². The smallest absolute Gasteiger partial charge is 0.408 e. The van der Waals surface area contributed by atoms with Crippen molar-refractivity contribution in [1.82, 2.24) is 0 Å². The monoisotopic (exact) mass is 536 g/mol. The Kier molecular flexibility index (Phi) is 8.67. The topological polar surface area (TPSA) is 27.7 Å². The fraction of sp³-hybridized carbons (Fsp3) is 0.400. The molecule has 3 nitrogen and oxygen atoms in total. The van der Waals surface area contributed by atoms with Gasteiger partial charge in [0.15, 0.2) is 0 Å². The number of halogens is 9. The lowest BCUT2D eigenvalue weighted by molar-refractivity contribution is -0.291. The van der Waals surface area contributed by atoms with Crippen LogP contribution in [0.15, 0.2) is 60.7 Å². The molecule has 0 saturated carbocycles.